The second-order valence-corrected chi connectivity index (χ2v) is 5.59. The van der Waals surface area contributed by atoms with Crippen molar-refractivity contribution in [2.45, 2.75) is 65.2 Å². The van der Waals surface area contributed by atoms with E-state index < -0.39 is 0 Å². The number of ether oxygens (including phenoxy) is 1. The minimum absolute atomic E-state index is 0.790. The summed E-state index contributed by atoms with van der Waals surface area (Å²) < 4.78 is 5.81. The standard InChI is InChI=1S/C17H26O/c1-4-12-18-17-11-10-16(13(2)14(17)3)15-8-6-5-7-9-15/h10-11,15H,4-9,12H2,1-3H3. The van der Waals surface area contributed by atoms with Crippen molar-refractivity contribution in [3.05, 3.63) is 28.8 Å². The van der Waals surface area contributed by atoms with Gasteiger partial charge in [0.05, 0.1) is 6.61 Å². The first kappa shape index (κ1) is 13.5. The maximum absolute atomic E-state index is 5.81. The zero-order valence-electron chi connectivity index (χ0n) is 12.1. The van der Waals surface area contributed by atoms with Crippen LogP contribution in [0.15, 0.2) is 12.1 Å². The summed E-state index contributed by atoms with van der Waals surface area (Å²) in [5.74, 6) is 1.87. The molecule has 0 atom stereocenters. The summed E-state index contributed by atoms with van der Waals surface area (Å²) in [6.45, 7) is 7.44. The fraction of sp³-hybridized carbons (Fsp3) is 0.647. The highest BCUT2D eigenvalue weighted by Gasteiger charge is 2.18. The van der Waals surface area contributed by atoms with Gasteiger partial charge in [-0.1, -0.05) is 32.3 Å². The third-order valence-electron chi connectivity index (χ3n) is 4.29. The first-order valence-electron chi connectivity index (χ1n) is 7.47. The topological polar surface area (TPSA) is 9.23 Å². The number of benzene rings is 1. The van der Waals surface area contributed by atoms with E-state index in [1.165, 1.54) is 43.2 Å². The average Bonchev–Trinajstić information content (AvgIpc) is 2.41. The highest BCUT2D eigenvalue weighted by atomic mass is 16.5. The molecule has 0 aliphatic heterocycles. The molecule has 0 aromatic heterocycles. The van der Waals surface area contributed by atoms with Gasteiger partial charge >= 0.3 is 0 Å². The fourth-order valence-electron chi connectivity index (χ4n) is 3.04. The third kappa shape index (κ3) is 2.88. The molecular formula is C17H26O. The molecule has 1 aromatic rings. The van der Waals surface area contributed by atoms with Crippen molar-refractivity contribution in [2.24, 2.45) is 0 Å². The molecule has 1 fully saturated rings. The molecule has 1 aromatic carbocycles. The summed E-state index contributed by atoms with van der Waals surface area (Å²) in [4.78, 5) is 0. The van der Waals surface area contributed by atoms with Gasteiger partial charge in [-0.05, 0) is 61.8 Å². The normalized spacial score (nSPS) is 16.8. The molecule has 0 saturated heterocycles. The van der Waals surface area contributed by atoms with E-state index in [1.807, 2.05) is 0 Å². The third-order valence-corrected chi connectivity index (χ3v) is 4.29. The van der Waals surface area contributed by atoms with Crippen LogP contribution in [-0.2, 0) is 0 Å². The van der Waals surface area contributed by atoms with Gasteiger partial charge in [0.1, 0.15) is 5.75 Å². The van der Waals surface area contributed by atoms with Gasteiger partial charge in [0.15, 0.2) is 0 Å². The zero-order chi connectivity index (χ0) is 13.0. The average molecular weight is 246 g/mol. The van der Waals surface area contributed by atoms with Gasteiger partial charge < -0.3 is 4.74 Å². The lowest BCUT2D eigenvalue weighted by atomic mass is 9.81. The maximum Gasteiger partial charge on any atom is 0.122 e. The second kappa shape index (κ2) is 6.26. The highest BCUT2D eigenvalue weighted by Crippen LogP contribution is 2.37. The lowest BCUT2D eigenvalue weighted by Gasteiger charge is -2.25. The van der Waals surface area contributed by atoms with Crippen LogP contribution in [0.25, 0.3) is 0 Å². The summed E-state index contributed by atoms with van der Waals surface area (Å²) in [7, 11) is 0. The first-order valence-corrected chi connectivity index (χ1v) is 7.47. The molecule has 0 unspecified atom stereocenters. The van der Waals surface area contributed by atoms with Crippen molar-refractivity contribution in [3.63, 3.8) is 0 Å². The molecule has 0 bridgehead atoms. The van der Waals surface area contributed by atoms with Crippen molar-refractivity contribution in [1.82, 2.24) is 0 Å². The Morgan fingerprint density at radius 2 is 1.78 bits per heavy atom. The van der Waals surface area contributed by atoms with Crippen LogP contribution in [0.2, 0.25) is 0 Å². The predicted molar refractivity (Wildman–Crippen MR) is 77.5 cm³/mol. The van der Waals surface area contributed by atoms with Crippen LogP contribution in [0.1, 0.15) is 68.1 Å². The molecule has 1 saturated carbocycles. The molecule has 0 heterocycles. The molecule has 0 radical (unpaired) electrons. The first-order chi connectivity index (χ1) is 8.74. The lowest BCUT2D eigenvalue weighted by Crippen LogP contribution is -2.08. The molecule has 1 aliphatic carbocycles. The van der Waals surface area contributed by atoms with Gasteiger partial charge in [0.25, 0.3) is 0 Å². The number of rotatable bonds is 4. The van der Waals surface area contributed by atoms with E-state index >= 15 is 0 Å². The Morgan fingerprint density at radius 1 is 1.06 bits per heavy atom. The Labute approximate surface area is 112 Å². The summed E-state index contributed by atoms with van der Waals surface area (Å²) in [6, 6.07) is 4.49. The van der Waals surface area contributed by atoms with Gasteiger partial charge in [-0.2, -0.15) is 0 Å². The second-order valence-electron chi connectivity index (χ2n) is 5.59. The van der Waals surface area contributed by atoms with Crippen molar-refractivity contribution in [1.29, 1.82) is 0 Å². The van der Waals surface area contributed by atoms with Crippen LogP contribution in [0.5, 0.6) is 5.75 Å². The van der Waals surface area contributed by atoms with E-state index in [-0.39, 0.29) is 0 Å². The van der Waals surface area contributed by atoms with Crippen LogP contribution in [0.4, 0.5) is 0 Å². The molecule has 1 heteroatoms. The zero-order valence-corrected chi connectivity index (χ0v) is 12.1. The molecule has 0 N–H and O–H groups in total. The predicted octanol–water partition coefficient (Wildman–Crippen LogP) is 5.14. The molecule has 18 heavy (non-hydrogen) atoms. The van der Waals surface area contributed by atoms with Gasteiger partial charge in [-0.3, -0.25) is 0 Å². The molecule has 1 aliphatic rings. The summed E-state index contributed by atoms with van der Waals surface area (Å²) >= 11 is 0. The van der Waals surface area contributed by atoms with Gasteiger partial charge in [0, 0.05) is 0 Å². The van der Waals surface area contributed by atoms with Crippen molar-refractivity contribution in [2.75, 3.05) is 6.61 Å². The molecular weight excluding hydrogens is 220 g/mol. The quantitative estimate of drug-likeness (QED) is 0.714. The van der Waals surface area contributed by atoms with Crippen LogP contribution >= 0.6 is 0 Å². The van der Waals surface area contributed by atoms with E-state index in [2.05, 4.69) is 32.9 Å². The Hall–Kier alpha value is -0.980. The summed E-state index contributed by atoms with van der Waals surface area (Å²) in [6.07, 6.45) is 8.04. The monoisotopic (exact) mass is 246 g/mol. The van der Waals surface area contributed by atoms with E-state index in [4.69, 9.17) is 4.74 Å². The van der Waals surface area contributed by atoms with Crippen molar-refractivity contribution < 1.29 is 4.74 Å². The molecule has 0 amide bonds. The van der Waals surface area contributed by atoms with Gasteiger partial charge in [0.2, 0.25) is 0 Å². The van der Waals surface area contributed by atoms with Gasteiger partial charge in [-0.15, -0.1) is 0 Å². The van der Waals surface area contributed by atoms with Gasteiger partial charge in [-0.25, -0.2) is 0 Å². The van der Waals surface area contributed by atoms with E-state index in [1.54, 1.807) is 5.56 Å². The van der Waals surface area contributed by atoms with E-state index in [0.29, 0.717) is 0 Å². The Bertz CT molecular complexity index is 389. The van der Waals surface area contributed by atoms with Crippen LogP contribution in [0.3, 0.4) is 0 Å². The Kier molecular flexibility index (Phi) is 4.68. The minimum atomic E-state index is 0.790. The van der Waals surface area contributed by atoms with Crippen LogP contribution in [-0.4, -0.2) is 6.61 Å². The van der Waals surface area contributed by atoms with Crippen LogP contribution < -0.4 is 4.74 Å². The fourth-order valence-corrected chi connectivity index (χ4v) is 3.04. The molecule has 1 nitrogen and oxygen atoms in total. The highest BCUT2D eigenvalue weighted by molar-refractivity contribution is 5.45. The number of hydrogen-bond acceptors (Lipinski definition) is 1. The summed E-state index contributed by atoms with van der Waals surface area (Å²) in [5, 5.41) is 0. The molecule has 2 rings (SSSR count). The maximum atomic E-state index is 5.81. The minimum Gasteiger partial charge on any atom is -0.493 e. The van der Waals surface area contributed by atoms with Crippen LogP contribution in [0, 0.1) is 13.8 Å². The van der Waals surface area contributed by atoms with Crippen molar-refractivity contribution in [3.8, 4) is 5.75 Å². The van der Waals surface area contributed by atoms with Crippen molar-refractivity contribution >= 4 is 0 Å². The SMILES string of the molecule is CCCOc1ccc(C2CCCCC2)c(C)c1C. The van der Waals surface area contributed by atoms with E-state index in [0.717, 1.165) is 24.7 Å². The lowest BCUT2D eigenvalue weighted by molar-refractivity contribution is 0.314. The smallest absolute Gasteiger partial charge is 0.122 e. The Balaban J connectivity index is 2.19. The largest absolute Gasteiger partial charge is 0.493 e. The van der Waals surface area contributed by atoms with E-state index in [9.17, 15) is 0 Å². The molecule has 100 valence electrons. The Morgan fingerprint density at radius 3 is 2.44 bits per heavy atom. The number of hydrogen-bond donors (Lipinski definition) is 0. The molecule has 0 spiro atoms. The summed E-state index contributed by atoms with van der Waals surface area (Å²) in [5.41, 5.74) is 4.36.